The lowest BCUT2D eigenvalue weighted by atomic mass is 10.3. The molecule has 1 rings (SSSR count). The van der Waals surface area contributed by atoms with Crippen LogP contribution in [0.3, 0.4) is 0 Å². The van der Waals surface area contributed by atoms with E-state index in [-0.39, 0.29) is 4.90 Å². The Balaban J connectivity index is 3.27. The van der Waals surface area contributed by atoms with Crippen molar-refractivity contribution in [1.82, 2.24) is 4.98 Å². The van der Waals surface area contributed by atoms with E-state index in [4.69, 9.17) is 0 Å². The molecule has 0 saturated heterocycles. The van der Waals surface area contributed by atoms with Crippen molar-refractivity contribution in [3.63, 3.8) is 0 Å². The van der Waals surface area contributed by atoms with Gasteiger partial charge in [-0.1, -0.05) is 0 Å². The van der Waals surface area contributed by atoms with Gasteiger partial charge in [0.15, 0.2) is 0 Å². The van der Waals surface area contributed by atoms with Gasteiger partial charge in [0, 0.05) is 0 Å². The van der Waals surface area contributed by atoms with E-state index in [1.54, 1.807) is 0 Å². The molecule has 0 aliphatic carbocycles. The number of rotatable bonds is 1. The molecule has 1 aromatic heterocycles. The first-order valence-corrected chi connectivity index (χ1v) is 3.68. The highest BCUT2D eigenvalue weighted by molar-refractivity contribution is 7.80. The summed E-state index contributed by atoms with van der Waals surface area (Å²) in [5.41, 5.74) is -1.30. The number of nitro groups is 1. The van der Waals surface area contributed by atoms with Gasteiger partial charge in [-0.15, -0.1) is 12.6 Å². The molecule has 0 atom stereocenters. The Morgan fingerprint density at radius 2 is 2.00 bits per heavy atom. The Bertz CT molecular complexity index is 380. The van der Waals surface area contributed by atoms with Gasteiger partial charge in [0.25, 0.3) is 5.69 Å². The number of aromatic nitrogens is 1. The lowest BCUT2D eigenvalue weighted by Crippen LogP contribution is -2.09. The zero-order chi connectivity index (χ0) is 10.9. The van der Waals surface area contributed by atoms with Gasteiger partial charge in [-0.2, -0.15) is 13.2 Å². The molecule has 14 heavy (non-hydrogen) atoms. The van der Waals surface area contributed by atoms with E-state index in [1.165, 1.54) is 0 Å². The summed E-state index contributed by atoms with van der Waals surface area (Å²) < 4.78 is 36.2. The van der Waals surface area contributed by atoms with Crippen LogP contribution in [0.2, 0.25) is 0 Å². The van der Waals surface area contributed by atoms with Crippen molar-refractivity contribution in [2.75, 3.05) is 0 Å². The van der Waals surface area contributed by atoms with E-state index in [1.807, 2.05) is 0 Å². The highest BCUT2D eigenvalue weighted by Crippen LogP contribution is 2.30. The molecule has 1 aromatic rings. The maximum Gasteiger partial charge on any atom is 0.457 e. The summed E-state index contributed by atoms with van der Waals surface area (Å²) in [5, 5.41) is 10.2. The van der Waals surface area contributed by atoms with Crippen LogP contribution in [0.15, 0.2) is 17.0 Å². The first-order chi connectivity index (χ1) is 6.32. The van der Waals surface area contributed by atoms with E-state index in [0.29, 0.717) is 6.07 Å². The van der Waals surface area contributed by atoms with Crippen LogP contribution < -0.4 is 0 Å². The summed E-state index contributed by atoms with van der Waals surface area (Å²) in [4.78, 5) is 11.8. The van der Waals surface area contributed by atoms with Crippen molar-refractivity contribution in [1.29, 1.82) is 0 Å². The van der Waals surface area contributed by atoms with Crippen molar-refractivity contribution in [2.45, 2.75) is 11.1 Å². The molecule has 0 saturated carbocycles. The molecule has 0 bridgehead atoms. The van der Waals surface area contributed by atoms with Crippen molar-refractivity contribution in [3.05, 3.63) is 27.9 Å². The Kier molecular flexibility index (Phi) is 2.65. The number of nitrogens with zero attached hydrogens (tertiary/aromatic N) is 2. The number of thiol groups is 1. The number of hydrogen-bond acceptors (Lipinski definition) is 4. The third kappa shape index (κ3) is 2.13. The average molecular weight is 224 g/mol. The van der Waals surface area contributed by atoms with Gasteiger partial charge in [0.2, 0.25) is 0 Å². The van der Waals surface area contributed by atoms with E-state index >= 15 is 0 Å². The van der Waals surface area contributed by atoms with Crippen LogP contribution in [-0.2, 0) is 6.18 Å². The monoisotopic (exact) mass is 224 g/mol. The molecule has 0 N–H and O–H groups in total. The molecular weight excluding hydrogens is 221 g/mol. The topological polar surface area (TPSA) is 56.0 Å². The molecule has 0 aromatic carbocycles. The Morgan fingerprint density at radius 3 is 2.43 bits per heavy atom. The highest BCUT2D eigenvalue weighted by Gasteiger charge is 2.38. The smallest absolute Gasteiger partial charge is 0.358 e. The minimum Gasteiger partial charge on any atom is -0.358 e. The highest BCUT2D eigenvalue weighted by atomic mass is 32.1. The standard InChI is InChI=1S/C6H3F3N2O2S/c7-6(8,9)4-2-1-3(14)5(10-4)11(12)13/h1-2,14H. The Morgan fingerprint density at radius 1 is 1.43 bits per heavy atom. The molecule has 0 fully saturated rings. The largest absolute Gasteiger partial charge is 0.457 e. The van der Waals surface area contributed by atoms with Crippen LogP contribution in [0.5, 0.6) is 0 Å². The molecule has 0 aliphatic heterocycles. The van der Waals surface area contributed by atoms with E-state index < -0.39 is 22.6 Å². The molecule has 1 heterocycles. The van der Waals surface area contributed by atoms with Crippen LogP contribution in [0.1, 0.15) is 5.69 Å². The average Bonchev–Trinajstić information content (AvgIpc) is 2.02. The number of pyridine rings is 1. The fraction of sp³-hybridized carbons (Fsp3) is 0.167. The quantitative estimate of drug-likeness (QED) is 0.452. The van der Waals surface area contributed by atoms with Crippen LogP contribution >= 0.6 is 12.6 Å². The van der Waals surface area contributed by atoms with Gasteiger partial charge in [-0.25, -0.2) is 0 Å². The molecule has 8 heteroatoms. The lowest BCUT2D eigenvalue weighted by Gasteiger charge is -2.02. The fourth-order valence-corrected chi connectivity index (χ4v) is 0.939. The van der Waals surface area contributed by atoms with Gasteiger partial charge in [-0.05, 0) is 22.0 Å². The molecule has 0 aliphatic rings. The molecule has 0 amide bonds. The molecular formula is C6H3F3N2O2S. The summed E-state index contributed by atoms with van der Waals surface area (Å²) in [6.45, 7) is 0. The van der Waals surface area contributed by atoms with Crippen molar-refractivity contribution >= 4 is 18.4 Å². The second-order valence-electron chi connectivity index (χ2n) is 2.29. The lowest BCUT2D eigenvalue weighted by molar-refractivity contribution is -0.393. The number of alkyl halides is 3. The SMILES string of the molecule is O=[N+]([O-])c1nc(C(F)(F)F)ccc1S. The third-order valence-corrected chi connectivity index (χ3v) is 1.67. The third-order valence-electron chi connectivity index (χ3n) is 1.32. The van der Waals surface area contributed by atoms with Gasteiger partial charge >= 0.3 is 12.0 Å². The summed E-state index contributed by atoms with van der Waals surface area (Å²) in [7, 11) is 0. The maximum atomic E-state index is 12.1. The Labute approximate surface area is 81.3 Å². The molecule has 0 unspecified atom stereocenters. The molecule has 4 nitrogen and oxygen atoms in total. The van der Waals surface area contributed by atoms with E-state index in [0.717, 1.165) is 6.07 Å². The summed E-state index contributed by atoms with van der Waals surface area (Å²) in [6, 6.07) is 1.52. The number of hydrogen-bond donors (Lipinski definition) is 1. The first-order valence-electron chi connectivity index (χ1n) is 3.24. The Hall–Kier alpha value is -1.31. The minimum absolute atomic E-state index is 0.206. The summed E-state index contributed by atoms with van der Waals surface area (Å²) in [6.07, 6.45) is -4.69. The zero-order valence-electron chi connectivity index (χ0n) is 6.45. The van der Waals surface area contributed by atoms with Gasteiger partial charge in [0.1, 0.15) is 4.90 Å². The van der Waals surface area contributed by atoms with Crippen molar-refractivity contribution in [2.24, 2.45) is 0 Å². The van der Waals surface area contributed by atoms with Crippen molar-refractivity contribution in [3.8, 4) is 0 Å². The van der Waals surface area contributed by atoms with Crippen LogP contribution in [-0.4, -0.2) is 9.91 Å². The maximum absolute atomic E-state index is 12.1. The molecule has 0 spiro atoms. The normalized spacial score (nSPS) is 11.4. The minimum atomic E-state index is -4.69. The second-order valence-corrected chi connectivity index (χ2v) is 2.78. The van der Waals surface area contributed by atoms with Crippen molar-refractivity contribution < 1.29 is 18.1 Å². The fourth-order valence-electron chi connectivity index (χ4n) is 0.733. The predicted molar refractivity (Wildman–Crippen MR) is 43.1 cm³/mol. The molecule has 0 radical (unpaired) electrons. The van der Waals surface area contributed by atoms with E-state index in [2.05, 4.69) is 17.6 Å². The van der Waals surface area contributed by atoms with Crippen LogP contribution in [0.25, 0.3) is 0 Å². The summed E-state index contributed by atoms with van der Waals surface area (Å²) >= 11 is 3.61. The first kappa shape index (κ1) is 10.8. The van der Waals surface area contributed by atoms with Gasteiger partial charge in [-0.3, -0.25) is 0 Å². The zero-order valence-corrected chi connectivity index (χ0v) is 7.34. The van der Waals surface area contributed by atoms with Gasteiger partial charge in [0.05, 0.1) is 0 Å². The molecule has 76 valence electrons. The van der Waals surface area contributed by atoms with Crippen LogP contribution in [0, 0.1) is 10.1 Å². The van der Waals surface area contributed by atoms with Gasteiger partial charge < -0.3 is 10.1 Å². The van der Waals surface area contributed by atoms with E-state index in [9.17, 15) is 23.3 Å². The van der Waals surface area contributed by atoms with Crippen LogP contribution in [0.4, 0.5) is 19.0 Å². The summed E-state index contributed by atoms with van der Waals surface area (Å²) in [5.74, 6) is -0.900. The predicted octanol–water partition coefficient (Wildman–Crippen LogP) is 2.30. The number of halogens is 3. The second kappa shape index (κ2) is 3.45.